The fourth-order valence-corrected chi connectivity index (χ4v) is 3.52. The summed E-state index contributed by atoms with van der Waals surface area (Å²) in [6.45, 7) is 17.1. The van der Waals surface area contributed by atoms with Crippen LogP contribution in [0.2, 0.25) is 0 Å². The Bertz CT molecular complexity index is 386. The summed E-state index contributed by atoms with van der Waals surface area (Å²) in [5.74, 6) is 1.12. The van der Waals surface area contributed by atoms with Gasteiger partial charge >= 0.3 is 0 Å². The van der Waals surface area contributed by atoms with Gasteiger partial charge in [-0.2, -0.15) is 0 Å². The molecule has 0 unspecified atom stereocenters. The molecule has 2 aliphatic rings. The Morgan fingerprint density at radius 2 is 1.92 bits per heavy atom. The lowest BCUT2D eigenvalue weighted by Crippen LogP contribution is -2.41. The third kappa shape index (κ3) is 7.44. The van der Waals surface area contributed by atoms with Crippen LogP contribution >= 0.6 is 24.0 Å². The summed E-state index contributed by atoms with van der Waals surface area (Å²) in [6.07, 6.45) is 3.72. The number of guanidine groups is 1. The Morgan fingerprint density at radius 3 is 2.58 bits per heavy atom. The molecule has 0 aromatic carbocycles. The van der Waals surface area contributed by atoms with Crippen LogP contribution < -0.4 is 5.32 Å². The van der Waals surface area contributed by atoms with Crippen LogP contribution in [0.25, 0.3) is 0 Å². The molecule has 2 fully saturated rings. The minimum absolute atomic E-state index is 0. The van der Waals surface area contributed by atoms with Crippen LogP contribution in [0.4, 0.5) is 0 Å². The summed E-state index contributed by atoms with van der Waals surface area (Å²) < 4.78 is 0. The molecule has 0 aromatic rings. The Balaban J connectivity index is 0.00000288. The third-order valence-corrected chi connectivity index (χ3v) is 5.02. The molecular weight excluding hydrogens is 413 g/mol. The van der Waals surface area contributed by atoms with Gasteiger partial charge in [-0.15, -0.1) is 24.0 Å². The van der Waals surface area contributed by atoms with Gasteiger partial charge in [-0.1, -0.05) is 13.8 Å². The average molecular weight is 451 g/mol. The first kappa shape index (κ1) is 22.0. The van der Waals surface area contributed by atoms with E-state index in [1.807, 2.05) is 0 Å². The third-order valence-electron chi connectivity index (χ3n) is 5.02. The van der Waals surface area contributed by atoms with Crippen molar-refractivity contribution in [3.8, 4) is 0 Å². The molecule has 0 bridgehead atoms. The van der Waals surface area contributed by atoms with E-state index in [1.165, 1.54) is 45.6 Å². The molecule has 6 heteroatoms. The van der Waals surface area contributed by atoms with Gasteiger partial charge in [0.05, 0.1) is 0 Å². The first-order valence-corrected chi connectivity index (χ1v) is 9.44. The molecule has 1 N–H and O–H groups in total. The van der Waals surface area contributed by atoms with E-state index in [0.29, 0.717) is 5.41 Å². The van der Waals surface area contributed by atoms with E-state index in [-0.39, 0.29) is 24.0 Å². The van der Waals surface area contributed by atoms with Gasteiger partial charge in [0.15, 0.2) is 5.96 Å². The van der Waals surface area contributed by atoms with Gasteiger partial charge in [-0.05, 0) is 58.3 Å². The number of rotatable bonds is 5. The number of likely N-dealkylation sites (tertiary alicyclic amines) is 1. The zero-order chi connectivity index (χ0) is 16.7. The maximum Gasteiger partial charge on any atom is 0.193 e. The summed E-state index contributed by atoms with van der Waals surface area (Å²) in [5, 5.41) is 3.47. The molecule has 0 saturated carbocycles. The van der Waals surface area contributed by atoms with Crippen LogP contribution in [-0.4, -0.2) is 86.6 Å². The van der Waals surface area contributed by atoms with Gasteiger partial charge in [0.2, 0.25) is 0 Å². The van der Waals surface area contributed by atoms with Crippen molar-refractivity contribution in [2.75, 3.05) is 66.0 Å². The zero-order valence-electron chi connectivity index (χ0n) is 16.2. The van der Waals surface area contributed by atoms with Crippen molar-refractivity contribution in [1.29, 1.82) is 0 Å². The van der Waals surface area contributed by atoms with Crippen LogP contribution in [0.5, 0.6) is 0 Å². The highest BCUT2D eigenvalue weighted by Crippen LogP contribution is 2.28. The Morgan fingerprint density at radius 1 is 1.12 bits per heavy atom. The van der Waals surface area contributed by atoms with Crippen molar-refractivity contribution < 1.29 is 0 Å². The molecule has 0 radical (unpaired) electrons. The highest BCUT2D eigenvalue weighted by atomic mass is 127. The monoisotopic (exact) mass is 451 g/mol. The van der Waals surface area contributed by atoms with E-state index in [9.17, 15) is 0 Å². The number of hydrogen-bond donors (Lipinski definition) is 1. The molecular formula is C18H38IN5. The quantitative estimate of drug-likeness (QED) is 0.301. The predicted molar refractivity (Wildman–Crippen MR) is 115 cm³/mol. The minimum atomic E-state index is 0. The van der Waals surface area contributed by atoms with E-state index < -0.39 is 0 Å². The normalized spacial score (nSPS) is 23.0. The highest BCUT2D eigenvalue weighted by Gasteiger charge is 2.30. The fourth-order valence-electron chi connectivity index (χ4n) is 3.52. The van der Waals surface area contributed by atoms with Gasteiger partial charge in [0, 0.05) is 39.3 Å². The van der Waals surface area contributed by atoms with Crippen LogP contribution in [0.15, 0.2) is 4.99 Å². The number of aliphatic imine (C=N–C) groups is 1. The second-order valence-electron chi connectivity index (χ2n) is 7.92. The lowest BCUT2D eigenvalue weighted by molar-refractivity contribution is 0.275. The maximum atomic E-state index is 4.88. The number of nitrogens with one attached hydrogen (secondary N) is 1. The minimum Gasteiger partial charge on any atom is -0.357 e. The zero-order valence-corrected chi connectivity index (χ0v) is 18.5. The van der Waals surface area contributed by atoms with Crippen LogP contribution in [0.1, 0.15) is 40.0 Å². The van der Waals surface area contributed by atoms with E-state index in [4.69, 9.17) is 4.99 Å². The van der Waals surface area contributed by atoms with Crippen molar-refractivity contribution in [1.82, 2.24) is 20.0 Å². The molecule has 5 nitrogen and oxygen atoms in total. The number of likely N-dealkylation sites (N-methyl/N-ethyl adjacent to an activating group) is 1. The fraction of sp³-hybridized carbons (Fsp3) is 0.944. The molecule has 2 heterocycles. The van der Waals surface area contributed by atoms with E-state index >= 15 is 0 Å². The first-order valence-electron chi connectivity index (χ1n) is 9.44. The van der Waals surface area contributed by atoms with Crippen LogP contribution in [0, 0.1) is 5.41 Å². The molecule has 142 valence electrons. The molecule has 2 saturated heterocycles. The Labute approximate surface area is 166 Å². The number of halogens is 1. The highest BCUT2D eigenvalue weighted by molar-refractivity contribution is 14.0. The number of hydrogen-bond acceptors (Lipinski definition) is 3. The molecule has 0 spiro atoms. The standard InChI is InChI=1S/C18H37N5.HI/c1-5-19-17(23-13-8-18(2,3)16-23)20-9-6-11-22-12-7-10-21(4)14-15-22;/h5-16H2,1-4H3,(H,19,20);1H. The summed E-state index contributed by atoms with van der Waals surface area (Å²) in [6, 6.07) is 0. The van der Waals surface area contributed by atoms with Gasteiger partial charge in [0.1, 0.15) is 0 Å². The Kier molecular flexibility index (Phi) is 9.89. The van der Waals surface area contributed by atoms with Crippen molar-refractivity contribution in [3.63, 3.8) is 0 Å². The van der Waals surface area contributed by atoms with Gasteiger partial charge in [0.25, 0.3) is 0 Å². The van der Waals surface area contributed by atoms with Crippen molar-refractivity contribution >= 4 is 29.9 Å². The smallest absolute Gasteiger partial charge is 0.193 e. The van der Waals surface area contributed by atoms with E-state index in [2.05, 4.69) is 47.8 Å². The summed E-state index contributed by atoms with van der Waals surface area (Å²) in [4.78, 5) is 12.4. The van der Waals surface area contributed by atoms with Crippen LogP contribution in [0.3, 0.4) is 0 Å². The second-order valence-corrected chi connectivity index (χ2v) is 7.92. The average Bonchev–Trinajstić information content (AvgIpc) is 2.73. The van der Waals surface area contributed by atoms with Crippen molar-refractivity contribution in [2.24, 2.45) is 10.4 Å². The molecule has 0 aliphatic carbocycles. The SMILES string of the molecule is CCNC(=NCCCN1CCCN(C)CC1)N1CCC(C)(C)C1.I. The van der Waals surface area contributed by atoms with Gasteiger partial charge < -0.3 is 20.0 Å². The second kappa shape index (κ2) is 10.8. The topological polar surface area (TPSA) is 34.1 Å². The summed E-state index contributed by atoms with van der Waals surface area (Å²) in [7, 11) is 2.23. The lowest BCUT2D eigenvalue weighted by atomic mass is 9.93. The molecule has 0 amide bonds. The van der Waals surface area contributed by atoms with Crippen LogP contribution in [-0.2, 0) is 0 Å². The molecule has 2 rings (SSSR count). The first-order chi connectivity index (χ1) is 11.0. The maximum absolute atomic E-state index is 4.88. The molecule has 2 aliphatic heterocycles. The molecule has 24 heavy (non-hydrogen) atoms. The van der Waals surface area contributed by atoms with Gasteiger partial charge in [-0.25, -0.2) is 0 Å². The van der Waals surface area contributed by atoms with E-state index in [1.54, 1.807) is 0 Å². The van der Waals surface area contributed by atoms with Gasteiger partial charge in [-0.3, -0.25) is 4.99 Å². The van der Waals surface area contributed by atoms with Crippen molar-refractivity contribution in [3.05, 3.63) is 0 Å². The Hall–Kier alpha value is -0.0800. The molecule has 0 aromatic heterocycles. The predicted octanol–water partition coefficient (Wildman–Crippen LogP) is 2.33. The van der Waals surface area contributed by atoms with E-state index in [0.717, 1.165) is 38.6 Å². The largest absolute Gasteiger partial charge is 0.357 e. The number of nitrogens with zero attached hydrogens (tertiary/aromatic N) is 4. The summed E-state index contributed by atoms with van der Waals surface area (Å²) in [5.41, 5.74) is 0.425. The lowest BCUT2D eigenvalue weighted by Gasteiger charge is -2.24. The molecule has 0 atom stereocenters. The van der Waals surface area contributed by atoms with Crippen molar-refractivity contribution in [2.45, 2.75) is 40.0 Å². The summed E-state index contributed by atoms with van der Waals surface area (Å²) >= 11 is 0.